The fraction of sp³-hybridized carbons (Fsp3) is 0.269. The van der Waals surface area contributed by atoms with Gasteiger partial charge in [-0.05, 0) is 53.9 Å². The van der Waals surface area contributed by atoms with Gasteiger partial charge in [0.1, 0.15) is 12.4 Å². The van der Waals surface area contributed by atoms with Crippen LogP contribution in [0.25, 0.3) is 0 Å². The molecule has 0 saturated heterocycles. The van der Waals surface area contributed by atoms with E-state index in [1.54, 1.807) is 38.4 Å². The molecular weight excluding hydrogens is 461 g/mol. The lowest BCUT2D eigenvalue weighted by Gasteiger charge is -2.38. The lowest BCUT2D eigenvalue weighted by molar-refractivity contribution is 0.0583. The van der Waals surface area contributed by atoms with Crippen molar-refractivity contribution in [1.29, 1.82) is 0 Å². The molecule has 0 aliphatic carbocycles. The number of halogens is 2. The number of carbonyl (C=O) groups excluding carboxylic acids is 1. The van der Waals surface area contributed by atoms with Gasteiger partial charge in [-0.2, -0.15) is 0 Å². The first-order valence-electron chi connectivity index (χ1n) is 10.7. The number of methoxy groups -OCH3 is 3. The molecule has 34 heavy (non-hydrogen) atoms. The van der Waals surface area contributed by atoms with Crippen molar-refractivity contribution in [3.8, 4) is 23.0 Å². The van der Waals surface area contributed by atoms with Crippen LogP contribution in [0.1, 0.15) is 27.5 Å². The molecule has 1 amide bonds. The topological polar surface area (TPSA) is 57.2 Å². The number of fused-ring (bicyclic) bond motifs is 1. The predicted molar refractivity (Wildman–Crippen MR) is 127 cm³/mol. The number of para-hydroxylation sites is 2. The highest BCUT2D eigenvalue weighted by Gasteiger charge is 2.35. The van der Waals surface area contributed by atoms with Crippen LogP contribution in [-0.4, -0.2) is 45.3 Å². The standard InChI is InChI=1S/C26H25ClFNO5/c1-31-21-9-4-5-10-22(21)34-15-20-17-14-24(33-3)23(32-2)13-16(17)11-12-29(20)26(30)25-18(27)7-6-8-19(25)28/h4-10,13-14,20H,11-12,15H2,1-3H3/t20-/m0/s1. The molecule has 0 unspecified atom stereocenters. The zero-order valence-electron chi connectivity index (χ0n) is 19.1. The monoisotopic (exact) mass is 485 g/mol. The smallest absolute Gasteiger partial charge is 0.259 e. The number of amides is 1. The first-order valence-corrected chi connectivity index (χ1v) is 11.1. The van der Waals surface area contributed by atoms with Gasteiger partial charge in [-0.15, -0.1) is 0 Å². The van der Waals surface area contributed by atoms with E-state index in [1.807, 2.05) is 24.3 Å². The number of benzene rings is 3. The molecule has 4 rings (SSSR count). The molecule has 1 aliphatic heterocycles. The molecule has 0 radical (unpaired) electrons. The van der Waals surface area contributed by atoms with Crippen LogP contribution in [0, 0.1) is 5.82 Å². The summed E-state index contributed by atoms with van der Waals surface area (Å²) in [5, 5.41) is 0.0625. The second-order valence-electron chi connectivity index (χ2n) is 7.73. The third kappa shape index (κ3) is 4.48. The molecule has 6 nitrogen and oxygen atoms in total. The van der Waals surface area contributed by atoms with Crippen molar-refractivity contribution in [3.63, 3.8) is 0 Å². The van der Waals surface area contributed by atoms with Crippen molar-refractivity contribution in [1.82, 2.24) is 4.90 Å². The molecular formula is C26H25ClFNO5. The maximum Gasteiger partial charge on any atom is 0.259 e. The lowest BCUT2D eigenvalue weighted by atomic mass is 9.91. The summed E-state index contributed by atoms with van der Waals surface area (Å²) < 4.78 is 37.1. The van der Waals surface area contributed by atoms with Crippen molar-refractivity contribution in [3.05, 3.63) is 82.1 Å². The van der Waals surface area contributed by atoms with Crippen LogP contribution < -0.4 is 18.9 Å². The van der Waals surface area contributed by atoms with Crippen LogP contribution in [0.15, 0.2) is 54.6 Å². The third-order valence-electron chi connectivity index (χ3n) is 5.91. The molecule has 0 N–H and O–H groups in total. The van der Waals surface area contributed by atoms with Crippen molar-refractivity contribution in [2.24, 2.45) is 0 Å². The van der Waals surface area contributed by atoms with Crippen molar-refractivity contribution < 1.29 is 28.1 Å². The lowest BCUT2D eigenvalue weighted by Crippen LogP contribution is -2.43. The van der Waals surface area contributed by atoms with Crippen LogP contribution in [0.5, 0.6) is 23.0 Å². The molecule has 0 bridgehead atoms. The molecule has 1 aliphatic rings. The van der Waals surface area contributed by atoms with Gasteiger partial charge in [0.05, 0.1) is 38.0 Å². The molecule has 0 fully saturated rings. The fourth-order valence-electron chi connectivity index (χ4n) is 4.20. The first-order chi connectivity index (χ1) is 16.5. The Labute approximate surface area is 202 Å². The molecule has 178 valence electrons. The van der Waals surface area contributed by atoms with Crippen LogP contribution in [0.2, 0.25) is 5.02 Å². The maximum absolute atomic E-state index is 14.6. The van der Waals surface area contributed by atoms with Crippen molar-refractivity contribution in [2.45, 2.75) is 12.5 Å². The molecule has 0 saturated carbocycles. The summed E-state index contributed by atoms with van der Waals surface area (Å²) >= 11 is 6.22. The van der Waals surface area contributed by atoms with E-state index in [4.69, 9.17) is 30.5 Å². The van der Waals surface area contributed by atoms with Gasteiger partial charge in [0.2, 0.25) is 0 Å². The Balaban J connectivity index is 1.76. The van der Waals surface area contributed by atoms with Gasteiger partial charge >= 0.3 is 0 Å². The second kappa shape index (κ2) is 10.2. The zero-order valence-corrected chi connectivity index (χ0v) is 19.9. The zero-order chi connectivity index (χ0) is 24.2. The Kier molecular flexibility index (Phi) is 7.12. The van der Waals surface area contributed by atoms with Gasteiger partial charge in [-0.1, -0.05) is 29.8 Å². The summed E-state index contributed by atoms with van der Waals surface area (Å²) in [6.45, 7) is 0.465. The molecule has 1 atom stereocenters. The minimum atomic E-state index is -0.667. The number of rotatable bonds is 7. The van der Waals surface area contributed by atoms with E-state index < -0.39 is 17.8 Å². The average molecular weight is 486 g/mol. The summed E-state index contributed by atoms with van der Waals surface area (Å²) in [5.41, 5.74) is 1.67. The Morgan fingerprint density at radius 1 is 0.971 bits per heavy atom. The van der Waals surface area contributed by atoms with E-state index in [1.165, 1.54) is 18.2 Å². The fourth-order valence-corrected chi connectivity index (χ4v) is 4.45. The van der Waals surface area contributed by atoms with Crippen molar-refractivity contribution >= 4 is 17.5 Å². The Morgan fingerprint density at radius 2 is 1.65 bits per heavy atom. The quantitative estimate of drug-likeness (QED) is 0.453. The average Bonchev–Trinajstić information content (AvgIpc) is 2.86. The van der Waals surface area contributed by atoms with Gasteiger partial charge in [-0.25, -0.2) is 4.39 Å². The normalized spacial score (nSPS) is 14.9. The number of carbonyl (C=O) groups is 1. The summed E-state index contributed by atoms with van der Waals surface area (Å²) in [5.74, 6) is 1.07. The Morgan fingerprint density at radius 3 is 2.32 bits per heavy atom. The predicted octanol–water partition coefficient (Wildman–Crippen LogP) is 5.32. The molecule has 1 heterocycles. The van der Waals surface area contributed by atoms with E-state index in [-0.39, 0.29) is 17.2 Å². The number of nitrogens with zero attached hydrogens (tertiary/aromatic N) is 1. The molecule has 3 aromatic rings. The van der Waals surface area contributed by atoms with Gasteiger partial charge in [0.15, 0.2) is 23.0 Å². The third-order valence-corrected chi connectivity index (χ3v) is 6.22. The van der Waals surface area contributed by atoms with Crippen molar-refractivity contribution in [2.75, 3.05) is 34.5 Å². The molecule has 3 aromatic carbocycles. The summed E-state index contributed by atoms with van der Waals surface area (Å²) in [6.07, 6.45) is 0.554. The minimum absolute atomic E-state index is 0.0625. The highest BCUT2D eigenvalue weighted by atomic mass is 35.5. The second-order valence-corrected chi connectivity index (χ2v) is 8.14. The highest BCUT2D eigenvalue weighted by molar-refractivity contribution is 6.33. The maximum atomic E-state index is 14.6. The highest BCUT2D eigenvalue weighted by Crippen LogP contribution is 2.40. The van der Waals surface area contributed by atoms with Crippen LogP contribution in [0.4, 0.5) is 4.39 Å². The Bertz CT molecular complexity index is 1180. The van der Waals surface area contributed by atoms with Gasteiger partial charge in [-0.3, -0.25) is 4.79 Å². The van der Waals surface area contributed by atoms with Crippen LogP contribution >= 0.6 is 11.6 Å². The van der Waals surface area contributed by atoms with E-state index in [0.717, 1.165) is 11.1 Å². The van der Waals surface area contributed by atoms with Crippen LogP contribution in [-0.2, 0) is 6.42 Å². The summed E-state index contributed by atoms with van der Waals surface area (Å²) in [6, 6.07) is 14.7. The molecule has 0 aromatic heterocycles. The van der Waals surface area contributed by atoms with E-state index in [0.29, 0.717) is 36.0 Å². The SMILES string of the molecule is COc1cc2c(cc1OC)[C@H](COc1ccccc1OC)N(C(=O)c1c(F)cccc1Cl)CC2. The number of hydrogen-bond donors (Lipinski definition) is 0. The minimum Gasteiger partial charge on any atom is -0.493 e. The number of ether oxygens (including phenoxy) is 4. The summed E-state index contributed by atoms with van der Waals surface area (Å²) in [7, 11) is 4.69. The van der Waals surface area contributed by atoms with E-state index in [9.17, 15) is 9.18 Å². The van der Waals surface area contributed by atoms with Gasteiger partial charge in [0.25, 0.3) is 5.91 Å². The van der Waals surface area contributed by atoms with E-state index >= 15 is 0 Å². The molecule has 8 heteroatoms. The Hall–Kier alpha value is -3.45. The largest absolute Gasteiger partial charge is 0.493 e. The van der Waals surface area contributed by atoms with E-state index in [2.05, 4.69) is 0 Å². The van der Waals surface area contributed by atoms with Crippen LogP contribution in [0.3, 0.4) is 0 Å². The van der Waals surface area contributed by atoms with Gasteiger partial charge < -0.3 is 23.8 Å². The summed E-state index contributed by atoms with van der Waals surface area (Å²) in [4.78, 5) is 15.1. The van der Waals surface area contributed by atoms with Gasteiger partial charge in [0, 0.05) is 6.54 Å². The number of hydrogen-bond acceptors (Lipinski definition) is 5. The molecule has 0 spiro atoms. The first kappa shape index (κ1) is 23.7.